The van der Waals surface area contributed by atoms with Crippen molar-refractivity contribution in [2.75, 3.05) is 5.75 Å². The van der Waals surface area contributed by atoms with Crippen molar-refractivity contribution in [1.82, 2.24) is 0 Å². The maximum absolute atomic E-state index is 10.8. The monoisotopic (exact) mass is 276 g/mol. The molecule has 0 saturated heterocycles. The first kappa shape index (κ1) is 12.1. The molecule has 86 valence electrons. The maximum Gasteiger partial charge on any atom is 0.303 e. The zero-order chi connectivity index (χ0) is 11.7. The highest BCUT2D eigenvalue weighted by Gasteiger charge is 2.26. The molecule has 0 aliphatic carbocycles. The van der Waals surface area contributed by atoms with Gasteiger partial charge >= 0.3 is 5.97 Å². The van der Waals surface area contributed by atoms with E-state index in [1.54, 1.807) is 17.8 Å². The lowest BCUT2D eigenvalue weighted by atomic mass is 9.92. The summed E-state index contributed by atoms with van der Waals surface area (Å²) in [6.07, 6.45) is 0.956. The molecule has 0 saturated carbocycles. The molecule has 1 aliphatic heterocycles. The van der Waals surface area contributed by atoms with Gasteiger partial charge in [-0.2, -0.15) is 0 Å². The van der Waals surface area contributed by atoms with Crippen LogP contribution in [0.4, 0.5) is 0 Å². The predicted octanol–water partition coefficient (Wildman–Crippen LogP) is 4.05. The molecule has 0 bridgehead atoms. The minimum absolute atomic E-state index is 0.0139. The molecule has 5 heteroatoms. The van der Waals surface area contributed by atoms with Crippen LogP contribution in [0, 0.1) is 0 Å². The molecule has 1 aromatic rings. The Morgan fingerprint density at radius 2 is 2.25 bits per heavy atom. The van der Waals surface area contributed by atoms with E-state index in [0.29, 0.717) is 10.0 Å². The second-order valence-electron chi connectivity index (χ2n) is 3.71. The molecule has 0 fully saturated rings. The Labute approximate surface area is 108 Å². The molecule has 1 unspecified atom stereocenters. The third-order valence-corrected chi connectivity index (χ3v) is 4.57. The van der Waals surface area contributed by atoms with Gasteiger partial charge in [-0.25, -0.2) is 0 Å². The SMILES string of the molecule is O=C(O)CC1CCSc2ccc(Cl)c(Cl)c21. The van der Waals surface area contributed by atoms with Gasteiger partial charge in [0.1, 0.15) is 0 Å². The number of carboxylic acid groups (broad SMARTS) is 1. The van der Waals surface area contributed by atoms with Crippen LogP contribution in [0.5, 0.6) is 0 Å². The molecule has 16 heavy (non-hydrogen) atoms. The van der Waals surface area contributed by atoms with Gasteiger partial charge in [-0.05, 0) is 35.8 Å². The topological polar surface area (TPSA) is 37.3 Å². The smallest absolute Gasteiger partial charge is 0.303 e. The number of hydrogen-bond acceptors (Lipinski definition) is 2. The Hall–Kier alpha value is -0.380. The molecular weight excluding hydrogens is 267 g/mol. The minimum Gasteiger partial charge on any atom is -0.481 e. The van der Waals surface area contributed by atoms with Crippen LogP contribution < -0.4 is 0 Å². The summed E-state index contributed by atoms with van der Waals surface area (Å²) < 4.78 is 0. The Morgan fingerprint density at radius 1 is 1.50 bits per heavy atom. The van der Waals surface area contributed by atoms with Crippen LogP contribution in [0.25, 0.3) is 0 Å². The molecular formula is C11H10Cl2O2S. The van der Waals surface area contributed by atoms with Gasteiger partial charge in [0.05, 0.1) is 16.5 Å². The van der Waals surface area contributed by atoms with E-state index >= 15 is 0 Å². The van der Waals surface area contributed by atoms with Crippen molar-refractivity contribution in [2.24, 2.45) is 0 Å². The summed E-state index contributed by atoms with van der Waals surface area (Å²) in [5.41, 5.74) is 0.910. The fourth-order valence-electron chi connectivity index (χ4n) is 1.93. The standard InChI is InChI=1S/C11H10Cl2O2S/c12-7-1-2-8-10(11(7)13)6(3-4-16-8)5-9(14)15/h1-2,6H,3-5H2,(H,14,15). The van der Waals surface area contributed by atoms with Gasteiger partial charge in [0.25, 0.3) is 0 Å². The van der Waals surface area contributed by atoms with E-state index in [0.717, 1.165) is 22.6 Å². The lowest BCUT2D eigenvalue weighted by Gasteiger charge is -2.25. The molecule has 0 amide bonds. The average Bonchev–Trinajstić information content (AvgIpc) is 2.23. The molecule has 1 aliphatic rings. The van der Waals surface area contributed by atoms with Gasteiger partial charge in [0.15, 0.2) is 0 Å². The molecule has 1 heterocycles. The Bertz CT molecular complexity index is 434. The first-order chi connectivity index (χ1) is 7.59. The molecule has 1 N–H and O–H groups in total. The molecule has 1 atom stereocenters. The van der Waals surface area contributed by atoms with Crippen LogP contribution >= 0.6 is 35.0 Å². The maximum atomic E-state index is 10.8. The zero-order valence-corrected chi connectivity index (χ0v) is 10.7. The van der Waals surface area contributed by atoms with E-state index in [1.165, 1.54) is 0 Å². The molecule has 0 spiro atoms. The second kappa shape index (κ2) is 4.86. The van der Waals surface area contributed by atoms with Crippen molar-refractivity contribution in [2.45, 2.75) is 23.7 Å². The van der Waals surface area contributed by atoms with Crippen molar-refractivity contribution in [3.63, 3.8) is 0 Å². The summed E-state index contributed by atoms with van der Waals surface area (Å²) >= 11 is 13.8. The average molecular weight is 277 g/mol. The molecule has 0 radical (unpaired) electrons. The highest BCUT2D eigenvalue weighted by molar-refractivity contribution is 7.99. The largest absolute Gasteiger partial charge is 0.481 e. The summed E-state index contributed by atoms with van der Waals surface area (Å²) in [5.74, 6) is 0.127. The number of aliphatic carboxylic acids is 1. The summed E-state index contributed by atoms with van der Waals surface area (Å²) in [6, 6.07) is 3.68. The number of carboxylic acids is 1. The number of fused-ring (bicyclic) bond motifs is 1. The predicted molar refractivity (Wildman–Crippen MR) is 66.8 cm³/mol. The van der Waals surface area contributed by atoms with Gasteiger partial charge in [0, 0.05) is 4.90 Å². The number of carbonyl (C=O) groups is 1. The zero-order valence-electron chi connectivity index (χ0n) is 8.37. The van der Waals surface area contributed by atoms with Gasteiger partial charge in [-0.15, -0.1) is 11.8 Å². The van der Waals surface area contributed by atoms with E-state index in [9.17, 15) is 4.79 Å². The van der Waals surface area contributed by atoms with E-state index in [-0.39, 0.29) is 12.3 Å². The van der Waals surface area contributed by atoms with Crippen molar-refractivity contribution < 1.29 is 9.90 Å². The third-order valence-electron chi connectivity index (χ3n) is 2.65. The molecule has 1 aromatic carbocycles. The first-order valence-corrected chi connectivity index (χ1v) is 6.66. The minimum atomic E-state index is -0.793. The number of hydrogen-bond donors (Lipinski definition) is 1. The quantitative estimate of drug-likeness (QED) is 0.886. The molecule has 0 aromatic heterocycles. The number of benzene rings is 1. The fourth-order valence-corrected chi connectivity index (χ4v) is 3.68. The summed E-state index contributed by atoms with van der Waals surface area (Å²) in [7, 11) is 0. The molecule has 2 rings (SSSR count). The van der Waals surface area contributed by atoms with Gasteiger partial charge in [0.2, 0.25) is 0 Å². The van der Waals surface area contributed by atoms with Crippen LogP contribution in [0.2, 0.25) is 10.0 Å². The Morgan fingerprint density at radius 3 is 2.94 bits per heavy atom. The highest BCUT2D eigenvalue weighted by atomic mass is 35.5. The van der Waals surface area contributed by atoms with Crippen molar-refractivity contribution in [3.05, 3.63) is 27.7 Å². The van der Waals surface area contributed by atoms with E-state index < -0.39 is 5.97 Å². The Kier molecular flexibility index (Phi) is 3.67. The van der Waals surface area contributed by atoms with Crippen LogP contribution in [0.15, 0.2) is 17.0 Å². The summed E-state index contributed by atoms with van der Waals surface area (Å²) in [6.45, 7) is 0. The third kappa shape index (κ3) is 2.31. The van der Waals surface area contributed by atoms with Gasteiger partial charge in [-0.1, -0.05) is 23.2 Å². The summed E-state index contributed by atoms with van der Waals surface area (Å²) in [4.78, 5) is 11.9. The lowest BCUT2D eigenvalue weighted by molar-refractivity contribution is -0.137. The lowest BCUT2D eigenvalue weighted by Crippen LogP contribution is -2.12. The van der Waals surface area contributed by atoms with E-state index in [2.05, 4.69) is 0 Å². The van der Waals surface area contributed by atoms with Gasteiger partial charge in [-0.3, -0.25) is 4.79 Å². The van der Waals surface area contributed by atoms with Crippen molar-refractivity contribution in [1.29, 1.82) is 0 Å². The first-order valence-electron chi connectivity index (χ1n) is 4.92. The van der Waals surface area contributed by atoms with Crippen LogP contribution in [0.3, 0.4) is 0 Å². The number of rotatable bonds is 2. The van der Waals surface area contributed by atoms with Crippen LogP contribution in [0.1, 0.15) is 24.3 Å². The normalized spacial score (nSPS) is 19.2. The second-order valence-corrected chi connectivity index (χ2v) is 5.63. The molecule has 2 nitrogen and oxygen atoms in total. The van der Waals surface area contributed by atoms with E-state index in [4.69, 9.17) is 28.3 Å². The summed E-state index contributed by atoms with van der Waals surface area (Å²) in [5, 5.41) is 9.88. The fraction of sp³-hybridized carbons (Fsp3) is 0.364. The Balaban J connectivity index is 2.43. The van der Waals surface area contributed by atoms with E-state index in [1.807, 2.05) is 6.07 Å². The van der Waals surface area contributed by atoms with Gasteiger partial charge < -0.3 is 5.11 Å². The highest BCUT2D eigenvalue weighted by Crippen LogP contribution is 2.45. The number of halogens is 2. The van der Waals surface area contributed by atoms with Crippen molar-refractivity contribution in [3.8, 4) is 0 Å². The van der Waals surface area contributed by atoms with Crippen molar-refractivity contribution >= 4 is 40.9 Å². The van der Waals surface area contributed by atoms with Crippen LogP contribution in [-0.2, 0) is 4.79 Å². The number of thioether (sulfide) groups is 1. The van der Waals surface area contributed by atoms with Crippen LogP contribution in [-0.4, -0.2) is 16.8 Å².